The Morgan fingerprint density at radius 3 is 2.84 bits per heavy atom. The number of carbonyl (C=O) groups is 1. The first kappa shape index (κ1) is 17.4. The molecule has 3 rings (SSSR count). The predicted octanol–water partition coefficient (Wildman–Crippen LogP) is 2.14. The number of benzene rings is 1. The summed E-state index contributed by atoms with van der Waals surface area (Å²) in [5.74, 6) is 0.647. The average molecular weight is 409 g/mol. The second-order valence-electron chi connectivity index (χ2n) is 5.26. The van der Waals surface area contributed by atoms with E-state index in [1.165, 1.54) is 13.4 Å². The van der Waals surface area contributed by atoms with E-state index in [1.54, 1.807) is 18.9 Å². The summed E-state index contributed by atoms with van der Waals surface area (Å²) >= 11 is 3.47. The van der Waals surface area contributed by atoms with Crippen molar-refractivity contribution in [2.75, 3.05) is 33.3 Å². The fraction of sp³-hybridized carbons (Fsp3) is 0.312. The van der Waals surface area contributed by atoms with Crippen LogP contribution in [0.5, 0.6) is 5.75 Å². The zero-order valence-electron chi connectivity index (χ0n) is 13.9. The SMILES string of the molecule is COCC1=C(C(=O)OC)C(c2cc(Br)ccc2OC)n2ncnc2N1. The number of ether oxygens (including phenoxy) is 3. The molecule has 0 fully saturated rings. The number of aromatic nitrogens is 3. The van der Waals surface area contributed by atoms with Crippen molar-refractivity contribution in [1.82, 2.24) is 14.8 Å². The van der Waals surface area contributed by atoms with Crippen LogP contribution in [0.3, 0.4) is 0 Å². The number of fused-ring (bicyclic) bond motifs is 1. The van der Waals surface area contributed by atoms with Crippen LogP contribution in [-0.2, 0) is 14.3 Å². The van der Waals surface area contributed by atoms with Gasteiger partial charge in [-0.15, -0.1) is 0 Å². The van der Waals surface area contributed by atoms with E-state index in [1.807, 2.05) is 18.2 Å². The molecule has 0 radical (unpaired) electrons. The number of rotatable bonds is 5. The number of methoxy groups -OCH3 is 3. The minimum absolute atomic E-state index is 0.199. The molecular weight excluding hydrogens is 392 g/mol. The van der Waals surface area contributed by atoms with Crippen molar-refractivity contribution in [3.8, 4) is 5.75 Å². The highest BCUT2D eigenvalue weighted by Gasteiger charge is 2.37. The van der Waals surface area contributed by atoms with E-state index in [0.717, 1.165) is 10.0 Å². The van der Waals surface area contributed by atoms with E-state index in [2.05, 4.69) is 31.3 Å². The van der Waals surface area contributed by atoms with Crippen LogP contribution in [-0.4, -0.2) is 48.7 Å². The van der Waals surface area contributed by atoms with Gasteiger partial charge in [0.1, 0.15) is 18.1 Å². The number of hydrogen-bond donors (Lipinski definition) is 1. The number of halogens is 1. The van der Waals surface area contributed by atoms with Crippen molar-refractivity contribution in [3.05, 3.63) is 45.8 Å². The van der Waals surface area contributed by atoms with Crippen molar-refractivity contribution in [2.45, 2.75) is 6.04 Å². The van der Waals surface area contributed by atoms with E-state index in [-0.39, 0.29) is 6.61 Å². The van der Waals surface area contributed by atoms with Crippen LogP contribution in [0.4, 0.5) is 5.95 Å². The molecule has 1 aliphatic rings. The first-order valence-corrected chi connectivity index (χ1v) is 8.20. The summed E-state index contributed by atoms with van der Waals surface area (Å²) in [4.78, 5) is 16.8. The highest BCUT2D eigenvalue weighted by atomic mass is 79.9. The Kier molecular flexibility index (Phi) is 5.05. The lowest BCUT2D eigenvalue weighted by Crippen LogP contribution is -2.31. The molecule has 1 atom stereocenters. The van der Waals surface area contributed by atoms with Crippen LogP contribution in [0, 0.1) is 0 Å². The quantitative estimate of drug-likeness (QED) is 0.758. The lowest BCUT2D eigenvalue weighted by molar-refractivity contribution is -0.136. The van der Waals surface area contributed by atoms with Gasteiger partial charge in [0.2, 0.25) is 5.95 Å². The van der Waals surface area contributed by atoms with Crippen molar-refractivity contribution in [3.63, 3.8) is 0 Å². The van der Waals surface area contributed by atoms with E-state index in [9.17, 15) is 4.79 Å². The van der Waals surface area contributed by atoms with Crippen LogP contribution >= 0.6 is 15.9 Å². The monoisotopic (exact) mass is 408 g/mol. The standard InChI is InChI=1S/C16H17BrN4O4/c1-23-7-11-13(15(22)25-3)14(21-16(20-11)18-8-19-21)10-6-9(17)4-5-12(10)24-2/h4-6,8,14H,7H2,1-3H3,(H,18,19,20). The van der Waals surface area contributed by atoms with Gasteiger partial charge in [-0.3, -0.25) is 0 Å². The second kappa shape index (κ2) is 7.24. The molecule has 1 aliphatic heterocycles. The molecule has 132 valence electrons. The van der Waals surface area contributed by atoms with E-state index < -0.39 is 12.0 Å². The lowest BCUT2D eigenvalue weighted by Gasteiger charge is -2.29. The molecule has 2 aromatic rings. The third-order valence-electron chi connectivity index (χ3n) is 3.86. The summed E-state index contributed by atoms with van der Waals surface area (Å²) < 4.78 is 18.2. The largest absolute Gasteiger partial charge is 0.496 e. The smallest absolute Gasteiger partial charge is 0.338 e. The molecule has 0 saturated carbocycles. The second-order valence-corrected chi connectivity index (χ2v) is 6.17. The molecule has 0 bridgehead atoms. The summed E-state index contributed by atoms with van der Waals surface area (Å²) in [6.07, 6.45) is 1.42. The molecule has 1 unspecified atom stereocenters. The van der Waals surface area contributed by atoms with E-state index >= 15 is 0 Å². The first-order valence-electron chi connectivity index (χ1n) is 7.41. The summed E-state index contributed by atoms with van der Waals surface area (Å²) in [6, 6.07) is 5.00. The zero-order valence-corrected chi connectivity index (χ0v) is 15.5. The van der Waals surface area contributed by atoms with Crippen LogP contribution in [0.25, 0.3) is 0 Å². The summed E-state index contributed by atoms with van der Waals surface area (Å²) in [5.41, 5.74) is 1.71. The summed E-state index contributed by atoms with van der Waals surface area (Å²) in [6.45, 7) is 0.199. The van der Waals surface area contributed by atoms with Gasteiger partial charge in [-0.1, -0.05) is 15.9 Å². The maximum absolute atomic E-state index is 12.6. The Morgan fingerprint density at radius 1 is 1.36 bits per heavy atom. The zero-order chi connectivity index (χ0) is 18.0. The van der Waals surface area contributed by atoms with Gasteiger partial charge in [0.25, 0.3) is 0 Å². The number of anilines is 1. The molecule has 9 heteroatoms. The third kappa shape index (κ3) is 3.12. The van der Waals surface area contributed by atoms with Gasteiger partial charge in [0.15, 0.2) is 0 Å². The molecule has 2 heterocycles. The predicted molar refractivity (Wildman–Crippen MR) is 93.4 cm³/mol. The van der Waals surface area contributed by atoms with Gasteiger partial charge < -0.3 is 19.5 Å². The Morgan fingerprint density at radius 2 is 2.16 bits per heavy atom. The average Bonchev–Trinajstić information content (AvgIpc) is 3.08. The minimum atomic E-state index is -0.566. The molecule has 1 N–H and O–H groups in total. The van der Waals surface area contributed by atoms with Gasteiger partial charge in [-0.25, -0.2) is 9.48 Å². The number of hydrogen-bond acceptors (Lipinski definition) is 7. The van der Waals surface area contributed by atoms with Crippen molar-refractivity contribution >= 4 is 27.8 Å². The number of carbonyl (C=O) groups excluding carboxylic acids is 1. The van der Waals surface area contributed by atoms with Gasteiger partial charge in [-0.2, -0.15) is 10.1 Å². The molecular formula is C16H17BrN4O4. The fourth-order valence-electron chi connectivity index (χ4n) is 2.83. The van der Waals surface area contributed by atoms with E-state index in [4.69, 9.17) is 14.2 Å². The molecule has 1 aromatic carbocycles. The van der Waals surface area contributed by atoms with Crippen LogP contribution < -0.4 is 10.1 Å². The summed E-state index contributed by atoms with van der Waals surface area (Å²) in [5, 5.41) is 7.36. The highest BCUT2D eigenvalue weighted by Crippen LogP contribution is 2.40. The van der Waals surface area contributed by atoms with Crippen molar-refractivity contribution in [1.29, 1.82) is 0 Å². The first-order chi connectivity index (χ1) is 12.1. The number of nitrogens with zero attached hydrogens (tertiary/aromatic N) is 3. The summed E-state index contributed by atoms with van der Waals surface area (Å²) in [7, 11) is 4.47. The van der Waals surface area contributed by atoms with Crippen molar-refractivity contribution in [2.24, 2.45) is 0 Å². The molecule has 25 heavy (non-hydrogen) atoms. The van der Waals surface area contributed by atoms with Crippen LogP contribution in [0.15, 0.2) is 40.3 Å². The van der Waals surface area contributed by atoms with Crippen LogP contribution in [0.2, 0.25) is 0 Å². The molecule has 0 spiro atoms. The Bertz CT molecular complexity index is 833. The van der Waals surface area contributed by atoms with Gasteiger partial charge in [-0.05, 0) is 18.2 Å². The van der Waals surface area contributed by atoms with E-state index in [0.29, 0.717) is 23.0 Å². The number of esters is 1. The Labute approximate surface area is 152 Å². The lowest BCUT2D eigenvalue weighted by atomic mass is 9.94. The topological polar surface area (TPSA) is 87.5 Å². The maximum Gasteiger partial charge on any atom is 0.338 e. The molecule has 1 aromatic heterocycles. The van der Waals surface area contributed by atoms with Crippen molar-refractivity contribution < 1.29 is 19.0 Å². The number of nitrogens with one attached hydrogen (secondary N) is 1. The Balaban J connectivity index is 2.26. The normalized spacial score (nSPS) is 16.2. The van der Waals surface area contributed by atoms with Gasteiger partial charge in [0, 0.05) is 17.1 Å². The van der Waals surface area contributed by atoms with Gasteiger partial charge >= 0.3 is 5.97 Å². The fourth-order valence-corrected chi connectivity index (χ4v) is 3.21. The minimum Gasteiger partial charge on any atom is -0.496 e. The highest BCUT2D eigenvalue weighted by molar-refractivity contribution is 9.10. The molecule has 0 saturated heterocycles. The third-order valence-corrected chi connectivity index (χ3v) is 4.35. The van der Waals surface area contributed by atoms with Crippen LogP contribution in [0.1, 0.15) is 11.6 Å². The molecule has 8 nitrogen and oxygen atoms in total. The maximum atomic E-state index is 12.6. The molecule has 0 aliphatic carbocycles. The Hall–Kier alpha value is -2.39. The van der Waals surface area contributed by atoms with Gasteiger partial charge in [0.05, 0.1) is 32.1 Å². The molecule has 0 amide bonds.